The van der Waals surface area contributed by atoms with Gasteiger partial charge in [-0.1, -0.05) is 13.8 Å². The lowest BCUT2D eigenvalue weighted by Crippen LogP contribution is -1.83. The van der Waals surface area contributed by atoms with Crippen LogP contribution in [0.3, 0.4) is 0 Å². The van der Waals surface area contributed by atoms with E-state index in [1.165, 1.54) is 0 Å². The van der Waals surface area contributed by atoms with Gasteiger partial charge < -0.3 is 0 Å². The van der Waals surface area contributed by atoms with Crippen molar-refractivity contribution in [2.24, 2.45) is 5.92 Å². The molecule has 0 spiro atoms. The second-order valence-corrected chi connectivity index (χ2v) is 1.39. The second kappa shape index (κ2) is 10.1. The Hall–Kier alpha value is -1.02. The van der Waals surface area contributed by atoms with Crippen LogP contribution in [0.4, 0.5) is 0 Å². The number of nitriles is 2. The Labute approximate surface area is 56.7 Å². The van der Waals surface area contributed by atoms with Crippen LogP contribution in [0, 0.1) is 28.6 Å². The monoisotopic (exact) mass is 124 g/mol. The summed E-state index contributed by atoms with van der Waals surface area (Å²) in [4.78, 5) is 0. The van der Waals surface area contributed by atoms with Crippen molar-refractivity contribution in [1.29, 1.82) is 10.5 Å². The molecule has 0 aromatic carbocycles. The molecule has 0 N–H and O–H groups in total. The highest BCUT2D eigenvalue weighted by molar-refractivity contribution is 4.86. The summed E-state index contributed by atoms with van der Waals surface area (Å²) in [5.41, 5.74) is 0. The quantitative estimate of drug-likeness (QED) is 0.537. The minimum Gasteiger partial charge on any atom is -0.198 e. The lowest BCUT2D eigenvalue weighted by Gasteiger charge is -1.85. The van der Waals surface area contributed by atoms with Gasteiger partial charge in [0.15, 0.2) is 0 Å². The first-order chi connectivity index (χ1) is 4.31. The average molecular weight is 124 g/mol. The van der Waals surface area contributed by atoms with Gasteiger partial charge in [-0.3, -0.25) is 0 Å². The van der Waals surface area contributed by atoms with Crippen LogP contribution in [-0.4, -0.2) is 0 Å². The van der Waals surface area contributed by atoms with Crippen molar-refractivity contribution in [3.63, 3.8) is 0 Å². The van der Waals surface area contributed by atoms with E-state index < -0.39 is 0 Å². The summed E-state index contributed by atoms with van der Waals surface area (Å²) in [6, 6.07) is 3.84. The molecule has 0 aliphatic carbocycles. The van der Waals surface area contributed by atoms with Crippen LogP contribution in [0.1, 0.15) is 27.2 Å². The maximum absolute atomic E-state index is 8.06. The van der Waals surface area contributed by atoms with E-state index in [0.29, 0.717) is 6.42 Å². The molecular formula is C7H12N2. The molecule has 0 aromatic heterocycles. The zero-order valence-electron chi connectivity index (χ0n) is 6.18. The van der Waals surface area contributed by atoms with Crippen molar-refractivity contribution in [2.75, 3.05) is 0 Å². The molecule has 2 heteroatoms. The van der Waals surface area contributed by atoms with E-state index in [4.69, 9.17) is 10.5 Å². The van der Waals surface area contributed by atoms with Gasteiger partial charge in [0.25, 0.3) is 0 Å². The molecule has 0 radical (unpaired) electrons. The number of rotatable bonds is 1. The molecular weight excluding hydrogens is 112 g/mol. The molecule has 2 nitrogen and oxygen atoms in total. The summed E-state index contributed by atoms with van der Waals surface area (Å²) < 4.78 is 0. The first-order valence-electron chi connectivity index (χ1n) is 3.08. The van der Waals surface area contributed by atoms with Crippen molar-refractivity contribution in [3.8, 4) is 12.1 Å². The molecule has 0 saturated heterocycles. The van der Waals surface area contributed by atoms with E-state index in [1.54, 1.807) is 6.92 Å². The highest BCUT2D eigenvalue weighted by Gasteiger charge is 1.93. The van der Waals surface area contributed by atoms with E-state index in [9.17, 15) is 0 Å². The molecule has 0 aliphatic rings. The van der Waals surface area contributed by atoms with Crippen LogP contribution in [-0.2, 0) is 0 Å². The van der Waals surface area contributed by atoms with Crippen molar-refractivity contribution < 1.29 is 0 Å². The normalized spacial score (nSPS) is 9.44. The lowest BCUT2D eigenvalue weighted by molar-refractivity contribution is 0.769. The predicted octanol–water partition coefficient (Wildman–Crippen LogP) is 2.09. The van der Waals surface area contributed by atoms with Crippen molar-refractivity contribution >= 4 is 0 Å². The SMILES string of the molecule is CC.CC(C#N)CC#N. The molecule has 50 valence electrons. The Balaban J connectivity index is 0. The molecule has 0 fully saturated rings. The van der Waals surface area contributed by atoms with E-state index >= 15 is 0 Å². The molecule has 0 bridgehead atoms. The van der Waals surface area contributed by atoms with Crippen LogP contribution in [0.2, 0.25) is 0 Å². The van der Waals surface area contributed by atoms with Crippen LogP contribution < -0.4 is 0 Å². The molecule has 1 atom stereocenters. The third kappa shape index (κ3) is 10.9. The molecule has 0 aromatic rings. The van der Waals surface area contributed by atoms with Crippen LogP contribution in [0.15, 0.2) is 0 Å². The van der Waals surface area contributed by atoms with E-state index in [1.807, 2.05) is 26.0 Å². The Morgan fingerprint density at radius 2 is 1.78 bits per heavy atom. The van der Waals surface area contributed by atoms with E-state index in [-0.39, 0.29) is 5.92 Å². The Bertz CT molecular complexity index is 116. The topological polar surface area (TPSA) is 47.6 Å². The van der Waals surface area contributed by atoms with E-state index in [0.717, 1.165) is 0 Å². The van der Waals surface area contributed by atoms with Crippen LogP contribution in [0.5, 0.6) is 0 Å². The highest BCUT2D eigenvalue weighted by Crippen LogP contribution is 1.94. The summed E-state index contributed by atoms with van der Waals surface area (Å²) in [6.07, 6.45) is 0.344. The van der Waals surface area contributed by atoms with Gasteiger partial charge in [0, 0.05) is 0 Å². The molecule has 9 heavy (non-hydrogen) atoms. The van der Waals surface area contributed by atoms with Gasteiger partial charge in [-0.05, 0) is 6.92 Å². The average Bonchev–Trinajstić information content (AvgIpc) is 1.93. The second-order valence-electron chi connectivity index (χ2n) is 1.39. The molecule has 0 amide bonds. The minimum absolute atomic E-state index is 0.106. The van der Waals surface area contributed by atoms with Gasteiger partial charge in [0.1, 0.15) is 0 Å². The zero-order chi connectivity index (χ0) is 7.70. The zero-order valence-corrected chi connectivity index (χ0v) is 6.18. The molecule has 0 saturated carbocycles. The van der Waals surface area contributed by atoms with Gasteiger partial charge >= 0.3 is 0 Å². The van der Waals surface area contributed by atoms with Gasteiger partial charge in [-0.25, -0.2) is 0 Å². The third-order valence-electron chi connectivity index (χ3n) is 0.618. The van der Waals surface area contributed by atoms with Crippen molar-refractivity contribution in [3.05, 3.63) is 0 Å². The number of nitrogens with zero attached hydrogens (tertiary/aromatic N) is 2. The predicted molar refractivity (Wildman–Crippen MR) is 36.4 cm³/mol. The standard InChI is InChI=1S/C5H6N2.C2H6/c1-5(4-7)2-3-6;1-2/h5H,2H2,1H3;1-2H3. The Morgan fingerprint density at radius 1 is 1.33 bits per heavy atom. The van der Waals surface area contributed by atoms with Gasteiger partial charge in [-0.15, -0.1) is 0 Å². The van der Waals surface area contributed by atoms with Crippen LogP contribution in [0.25, 0.3) is 0 Å². The molecule has 0 aliphatic heterocycles. The first kappa shape index (κ1) is 10.9. The molecule has 0 rings (SSSR count). The maximum atomic E-state index is 8.06. The molecule has 1 unspecified atom stereocenters. The summed E-state index contributed by atoms with van der Waals surface area (Å²) in [7, 11) is 0. The number of hydrogen-bond acceptors (Lipinski definition) is 2. The largest absolute Gasteiger partial charge is 0.198 e. The fraction of sp³-hybridized carbons (Fsp3) is 0.714. The summed E-state index contributed by atoms with van der Waals surface area (Å²) in [5.74, 6) is -0.106. The van der Waals surface area contributed by atoms with Crippen molar-refractivity contribution in [2.45, 2.75) is 27.2 Å². The van der Waals surface area contributed by atoms with E-state index in [2.05, 4.69) is 0 Å². The lowest BCUT2D eigenvalue weighted by atomic mass is 10.1. The van der Waals surface area contributed by atoms with Crippen LogP contribution >= 0.6 is 0 Å². The molecule has 0 heterocycles. The smallest absolute Gasteiger partial charge is 0.0663 e. The number of hydrogen-bond donors (Lipinski definition) is 0. The Kier molecular flexibility index (Phi) is 12.2. The van der Waals surface area contributed by atoms with Gasteiger partial charge in [0.2, 0.25) is 0 Å². The summed E-state index contributed by atoms with van der Waals surface area (Å²) in [5, 5.41) is 16.0. The first-order valence-corrected chi connectivity index (χ1v) is 3.08. The van der Waals surface area contributed by atoms with Gasteiger partial charge in [0.05, 0.1) is 24.5 Å². The maximum Gasteiger partial charge on any atom is 0.0663 e. The van der Waals surface area contributed by atoms with Crippen molar-refractivity contribution in [1.82, 2.24) is 0 Å². The summed E-state index contributed by atoms with van der Waals surface area (Å²) in [6.45, 7) is 5.73. The highest BCUT2D eigenvalue weighted by atomic mass is 14.3. The summed E-state index contributed by atoms with van der Waals surface area (Å²) >= 11 is 0. The fourth-order valence-electron chi connectivity index (χ4n) is 0.183. The fourth-order valence-corrected chi connectivity index (χ4v) is 0.183. The Morgan fingerprint density at radius 3 is 1.89 bits per heavy atom. The minimum atomic E-state index is -0.106. The third-order valence-corrected chi connectivity index (χ3v) is 0.618. The van der Waals surface area contributed by atoms with Gasteiger partial charge in [-0.2, -0.15) is 10.5 Å².